The van der Waals surface area contributed by atoms with Gasteiger partial charge in [-0.05, 0) is 30.0 Å². The van der Waals surface area contributed by atoms with Crippen LogP contribution in [0.1, 0.15) is 36.3 Å². The van der Waals surface area contributed by atoms with E-state index in [-0.39, 0.29) is 11.8 Å². The number of benzene rings is 2. The molecule has 0 saturated heterocycles. The second-order valence-corrected chi connectivity index (χ2v) is 5.94. The first-order chi connectivity index (χ1) is 10.2. The van der Waals surface area contributed by atoms with Crippen LogP contribution in [0, 0.1) is 0 Å². The Morgan fingerprint density at radius 1 is 1.10 bits per heavy atom. The van der Waals surface area contributed by atoms with Crippen LogP contribution in [0.15, 0.2) is 54.6 Å². The Bertz CT molecular complexity index is 622. The molecular weight excluding hydrogens is 282 g/mol. The van der Waals surface area contributed by atoms with E-state index in [4.69, 9.17) is 11.6 Å². The van der Waals surface area contributed by atoms with Gasteiger partial charge in [-0.1, -0.05) is 60.1 Å². The van der Waals surface area contributed by atoms with Crippen molar-refractivity contribution in [3.05, 3.63) is 70.7 Å². The maximum absolute atomic E-state index is 12.2. The van der Waals surface area contributed by atoms with E-state index in [0.29, 0.717) is 17.5 Å². The molecule has 1 amide bonds. The fourth-order valence-electron chi connectivity index (χ4n) is 2.55. The lowest BCUT2D eigenvalue weighted by Gasteiger charge is -2.19. The van der Waals surface area contributed by atoms with Gasteiger partial charge < -0.3 is 5.32 Å². The molecular formula is C18H18ClNO. The molecule has 0 radical (unpaired) electrons. The minimum absolute atomic E-state index is 0.00125. The molecule has 1 aliphatic carbocycles. The molecule has 0 spiro atoms. The van der Waals surface area contributed by atoms with E-state index in [2.05, 4.69) is 17.4 Å². The van der Waals surface area contributed by atoms with Crippen molar-refractivity contribution in [1.29, 1.82) is 0 Å². The van der Waals surface area contributed by atoms with Crippen LogP contribution in [-0.4, -0.2) is 11.9 Å². The Hall–Kier alpha value is -1.80. The summed E-state index contributed by atoms with van der Waals surface area (Å²) < 4.78 is 0. The molecule has 21 heavy (non-hydrogen) atoms. The van der Waals surface area contributed by atoms with E-state index < -0.39 is 0 Å². The lowest BCUT2D eigenvalue weighted by molar-refractivity contribution is -0.121. The molecule has 0 heterocycles. The van der Waals surface area contributed by atoms with Gasteiger partial charge in [0.1, 0.15) is 0 Å². The van der Waals surface area contributed by atoms with Crippen molar-refractivity contribution in [2.75, 3.05) is 0 Å². The first kappa shape index (κ1) is 14.2. The molecule has 108 valence electrons. The van der Waals surface area contributed by atoms with E-state index in [1.807, 2.05) is 42.5 Å². The highest BCUT2D eigenvalue weighted by Gasteiger charge is 2.26. The van der Waals surface area contributed by atoms with Gasteiger partial charge in [0.2, 0.25) is 5.91 Å². The molecule has 0 unspecified atom stereocenters. The predicted molar refractivity (Wildman–Crippen MR) is 85.5 cm³/mol. The summed E-state index contributed by atoms with van der Waals surface area (Å²) in [6.45, 7) is 0. The van der Waals surface area contributed by atoms with Gasteiger partial charge >= 0.3 is 0 Å². The number of amides is 1. The van der Waals surface area contributed by atoms with Crippen molar-refractivity contribution in [2.45, 2.75) is 31.2 Å². The molecule has 1 aliphatic rings. The van der Waals surface area contributed by atoms with Gasteiger partial charge in [-0.2, -0.15) is 0 Å². The Balaban J connectivity index is 1.87. The van der Waals surface area contributed by atoms with Gasteiger partial charge in [0.25, 0.3) is 0 Å². The minimum Gasteiger partial charge on any atom is -0.353 e. The van der Waals surface area contributed by atoms with Crippen LogP contribution in [0.25, 0.3) is 0 Å². The highest BCUT2D eigenvalue weighted by Crippen LogP contribution is 2.33. The van der Waals surface area contributed by atoms with Gasteiger partial charge in [0.05, 0.1) is 0 Å². The quantitative estimate of drug-likeness (QED) is 0.883. The number of carbonyl (C=O) groups excluding carboxylic acids is 1. The summed E-state index contributed by atoms with van der Waals surface area (Å²) in [7, 11) is 0. The number of hydrogen-bond donors (Lipinski definition) is 1. The molecule has 3 heteroatoms. The lowest BCUT2D eigenvalue weighted by Crippen LogP contribution is -2.27. The normalized spacial score (nSPS) is 15.5. The van der Waals surface area contributed by atoms with Crippen molar-refractivity contribution in [1.82, 2.24) is 5.32 Å². The average molecular weight is 300 g/mol. The summed E-state index contributed by atoms with van der Waals surface area (Å²) in [5, 5.41) is 3.77. The molecule has 2 aromatic carbocycles. The average Bonchev–Trinajstić information content (AvgIpc) is 3.30. The summed E-state index contributed by atoms with van der Waals surface area (Å²) in [5.41, 5.74) is 2.13. The van der Waals surface area contributed by atoms with Crippen molar-refractivity contribution >= 4 is 17.5 Å². The summed E-state index contributed by atoms with van der Waals surface area (Å²) in [6.07, 6.45) is 2.64. The zero-order valence-electron chi connectivity index (χ0n) is 11.8. The highest BCUT2D eigenvalue weighted by molar-refractivity contribution is 6.31. The van der Waals surface area contributed by atoms with Crippen LogP contribution in [0.4, 0.5) is 0 Å². The van der Waals surface area contributed by atoms with Gasteiger partial charge in [-0.15, -0.1) is 0 Å². The predicted octanol–water partition coefficient (Wildman–Crippen LogP) is 4.14. The monoisotopic (exact) mass is 299 g/mol. The zero-order chi connectivity index (χ0) is 14.7. The van der Waals surface area contributed by atoms with Crippen molar-refractivity contribution in [2.24, 2.45) is 0 Å². The number of halogens is 1. The Morgan fingerprint density at radius 2 is 1.76 bits per heavy atom. The SMILES string of the molecule is O=C(C[C@@H](c1ccccc1)c1ccccc1Cl)NC1CC1. The fourth-order valence-corrected chi connectivity index (χ4v) is 2.82. The van der Waals surface area contributed by atoms with E-state index in [9.17, 15) is 4.79 Å². The molecule has 2 aromatic rings. The molecule has 3 rings (SSSR count). The summed E-state index contributed by atoms with van der Waals surface area (Å²) in [4.78, 5) is 12.2. The lowest BCUT2D eigenvalue weighted by atomic mass is 9.88. The van der Waals surface area contributed by atoms with E-state index in [1.165, 1.54) is 0 Å². The topological polar surface area (TPSA) is 29.1 Å². The van der Waals surface area contributed by atoms with Crippen molar-refractivity contribution < 1.29 is 4.79 Å². The number of nitrogens with one attached hydrogen (secondary N) is 1. The number of hydrogen-bond acceptors (Lipinski definition) is 1. The van der Waals surface area contributed by atoms with Crippen molar-refractivity contribution in [3.8, 4) is 0 Å². The van der Waals surface area contributed by atoms with E-state index in [0.717, 1.165) is 24.0 Å². The Kier molecular flexibility index (Phi) is 4.26. The molecule has 0 aromatic heterocycles. The maximum Gasteiger partial charge on any atom is 0.221 e. The second-order valence-electron chi connectivity index (χ2n) is 5.53. The van der Waals surface area contributed by atoms with Crippen LogP contribution in [-0.2, 0) is 4.79 Å². The van der Waals surface area contributed by atoms with Gasteiger partial charge in [0, 0.05) is 23.4 Å². The summed E-state index contributed by atoms with van der Waals surface area (Å²) in [6, 6.07) is 18.2. The van der Waals surface area contributed by atoms with Crippen LogP contribution in [0.2, 0.25) is 5.02 Å². The highest BCUT2D eigenvalue weighted by atomic mass is 35.5. The first-order valence-electron chi connectivity index (χ1n) is 7.33. The molecule has 1 fully saturated rings. The van der Waals surface area contributed by atoms with Crippen LogP contribution in [0.5, 0.6) is 0 Å². The van der Waals surface area contributed by atoms with Crippen LogP contribution < -0.4 is 5.32 Å². The summed E-state index contributed by atoms with van der Waals surface area (Å²) >= 11 is 6.34. The number of rotatable bonds is 5. The Morgan fingerprint density at radius 3 is 2.43 bits per heavy atom. The fraction of sp³-hybridized carbons (Fsp3) is 0.278. The third-order valence-electron chi connectivity index (χ3n) is 3.81. The first-order valence-corrected chi connectivity index (χ1v) is 7.70. The largest absolute Gasteiger partial charge is 0.353 e. The second kappa shape index (κ2) is 6.31. The zero-order valence-corrected chi connectivity index (χ0v) is 12.5. The van der Waals surface area contributed by atoms with E-state index in [1.54, 1.807) is 0 Å². The van der Waals surface area contributed by atoms with Crippen LogP contribution >= 0.6 is 11.6 Å². The van der Waals surface area contributed by atoms with Gasteiger partial charge in [-0.3, -0.25) is 4.79 Å². The number of carbonyl (C=O) groups is 1. The van der Waals surface area contributed by atoms with Crippen molar-refractivity contribution in [3.63, 3.8) is 0 Å². The van der Waals surface area contributed by atoms with E-state index >= 15 is 0 Å². The molecule has 0 aliphatic heterocycles. The van der Waals surface area contributed by atoms with Crippen LogP contribution in [0.3, 0.4) is 0 Å². The molecule has 1 saturated carbocycles. The third kappa shape index (κ3) is 3.64. The Labute approximate surface area is 130 Å². The van der Waals surface area contributed by atoms with Gasteiger partial charge in [-0.25, -0.2) is 0 Å². The molecule has 2 nitrogen and oxygen atoms in total. The molecule has 0 bridgehead atoms. The maximum atomic E-state index is 12.2. The standard InChI is InChI=1S/C18H18ClNO/c19-17-9-5-4-8-15(17)16(13-6-2-1-3-7-13)12-18(21)20-14-10-11-14/h1-9,14,16H,10-12H2,(H,20,21)/t16-/m0/s1. The third-order valence-corrected chi connectivity index (χ3v) is 4.16. The smallest absolute Gasteiger partial charge is 0.221 e. The molecule has 1 atom stereocenters. The molecule has 1 N–H and O–H groups in total. The summed E-state index contributed by atoms with van der Waals surface area (Å²) in [5.74, 6) is 0.102. The minimum atomic E-state index is -0.00125. The van der Waals surface area contributed by atoms with Gasteiger partial charge in [0.15, 0.2) is 0 Å².